The van der Waals surface area contributed by atoms with Crippen LogP contribution < -0.4 is 4.90 Å². The molecule has 0 atom stereocenters. The topological polar surface area (TPSA) is 3.24 Å². The van der Waals surface area contributed by atoms with Crippen molar-refractivity contribution < 1.29 is 0 Å². The van der Waals surface area contributed by atoms with Crippen molar-refractivity contribution in [1.29, 1.82) is 0 Å². The maximum absolute atomic E-state index is 2.45. The van der Waals surface area contributed by atoms with Crippen LogP contribution in [-0.4, -0.2) is 0 Å². The molecular weight excluding hydrogens is 663 g/mol. The van der Waals surface area contributed by atoms with E-state index in [1.165, 1.54) is 76.8 Å². The minimum atomic E-state index is 1.11. The molecule has 0 saturated heterocycles. The van der Waals surface area contributed by atoms with Crippen LogP contribution in [0.4, 0.5) is 17.1 Å². The molecule has 0 aliphatic carbocycles. The standard InChI is InChI=1S/C54H37N/c1-2-17-38(18-3-1)43-22-8-10-26-47(43)50-29-12-13-30-51(50)48-27-11-9-23-44(48)40-33-35-42(36-34-40)55(53-32-16-21-39-19-4-7-25-46(39)53)54-37-41-20-5-6-24-45(41)49-28-14-15-31-52(49)54/h1-37H. The number of rotatable bonds is 7. The third-order valence-corrected chi connectivity index (χ3v) is 10.9. The summed E-state index contributed by atoms with van der Waals surface area (Å²) in [5, 5.41) is 7.38. The van der Waals surface area contributed by atoms with Crippen LogP contribution >= 0.6 is 0 Å². The van der Waals surface area contributed by atoms with Crippen molar-refractivity contribution in [3.8, 4) is 44.5 Å². The van der Waals surface area contributed by atoms with Crippen LogP contribution in [0, 0.1) is 0 Å². The van der Waals surface area contributed by atoms with Gasteiger partial charge >= 0.3 is 0 Å². The molecule has 0 fully saturated rings. The second kappa shape index (κ2) is 14.0. The third-order valence-electron chi connectivity index (χ3n) is 10.9. The molecule has 0 aromatic heterocycles. The Bertz CT molecular complexity index is 2970. The molecule has 0 aliphatic rings. The van der Waals surface area contributed by atoms with E-state index in [1.54, 1.807) is 0 Å². The van der Waals surface area contributed by atoms with Gasteiger partial charge in [-0.05, 0) is 90.3 Å². The number of nitrogens with zero attached hydrogens (tertiary/aromatic N) is 1. The Labute approximate surface area is 322 Å². The molecule has 0 bridgehead atoms. The normalized spacial score (nSPS) is 11.3. The van der Waals surface area contributed by atoms with Crippen molar-refractivity contribution in [3.63, 3.8) is 0 Å². The van der Waals surface area contributed by atoms with E-state index in [4.69, 9.17) is 0 Å². The fourth-order valence-corrected chi connectivity index (χ4v) is 8.33. The summed E-state index contributed by atoms with van der Waals surface area (Å²) in [4.78, 5) is 2.45. The monoisotopic (exact) mass is 699 g/mol. The van der Waals surface area contributed by atoms with Crippen molar-refractivity contribution in [2.75, 3.05) is 4.90 Å². The lowest BCUT2D eigenvalue weighted by Gasteiger charge is -2.29. The SMILES string of the molecule is c1ccc(-c2ccccc2-c2ccccc2-c2ccccc2-c2ccc(N(c3cccc4ccccc34)c3cc4ccccc4c4ccccc34)cc2)cc1. The predicted octanol–water partition coefficient (Wildman–Crippen LogP) is 15.3. The zero-order valence-electron chi connectivity index (χ0n) is 30.3. The van der Waals surface area contributed by atoms with E-state index in [2.05, 4.69) is 229 Å². The molecule has 0 saturated carbocycles. The molecule has 0 spiro atoms. The second-order valence-corrected chi connectivity index (χ2v) is 14.0. The quantitative estimate of drug-likeness (QED) is 0.150. The molecule has 0 radical (unpaired) electrons. The average Bonchev–Trinajstić information content (AvgIpc) is 3.27. The fraction of sp³-hybridized carbons (Fsp3) is 0. The van der Waals surface area contributed by atoms with Crippen molar-refractivity contribution in [3.05, 3.63) is 224 Å². The van der Waals surface area contributed by atoms with Crippen LogP contribution in [-0.2, 0) is 0 Å². The summed E-state index contributed by atoms with van der Waals surface area (Å²) in [6, 6.07) is 81.4. The molecule has 10 aromatic carbocycles. The van der Waals surface area contributed by atoms with Crippen molar-refractivity contribution in [2.45, 2.75) is 0 Å². The van der Waals surface area contributed by atoms with Gasteiger partial charge in [-0.15, -0.1) is 0 Å². The van der Waals surface area contributed by atoms with Crippen LogP contribution in [0.3, 0.4) is 0 Å². The molecule has 10 rings (SSSR count). The lowest BCUT2D eigenvalue weighted by atomic mass is 9.87. The highest BCUT2D eigenvalue weighted by Gasteiger charge is 2.20. The van der Waals surface area contributed by atoms with Gasteiger partial charge in [0.25, 0.3) is 0 Å². The zero-order chi connectivity index (χ0) is 36.6. The van der Waals surface area contributed by atoms with Crippen LogP contribution in [0.15, 0.2) is 224 Å². The van der Waals surface area contributed by atoms with E-state index in [-0.39, 0.29) is 0 Å². The van der Waals surface area contributed by atoms with Gasteiger partial charge in [-0.2, -0.15) is 0 Å². The van der Waals surface area contributed by atoms with Gasteiger partial charge in [0.05, 0.1) is 11.4 Å². The van der Waals surface area contributed by atoms with Crippen LogP contribution in [0.5, 0.6) is 0 Å². The number of hydrogen-bond acceptors (Lipinski definition) is 1. The third kappa shape index (κ3) is 5.84. The number of anilines is 3. The molecule has 258 valence electrons. The Morgan fingerprint density at radius 1 is 0.236 bits per heavy atom. The van der Waals surface area contributed by atoms with Gasteiger partial charge in [-0.3, -0.25) is 0 Å². The summed E-state index contributed by atoms with van der Waals surface area (Å²) >= 11 is 0. The minimum absolute atomic E-state index is 1.11. The molecule has 1 heteroatoms. The summed E-state index contributed by atoms with van der Waals surface area (Å²) in [5.41, 5.74) is 13.1. The molecular formula is C54H37N. The summed E-state index contributed by atoms with van der Waals surface area (Å²) in [6.45, 7) is 0. The lowest BCUT2D eigenvalue weighted by Crippen LogP contribution is -2.11. The first kappa shape index (κ1) is 32.4. The smallest absolute Gasteiger partial charge is 0.0546 e. The van der Waals surface area contributed by atoms with Gasteiger partial charge < -0.3 is 4.90 Å². The van der Waals surface area contributed by atoms with Gasteiger partial charge in [0.1, 0.15) is 0 Å². The lowest BCUT2D eigenvalue weighted by molar-refractivity contribution is 1.32. The Kier molecular flexibility index (Phi) is 8.24. The number of benzene rings is 10. The number of hydrogen-bond donors (Lipinski definition) is 0. The predicted molar refractivity (Wildman–Crippen MR) is 235 cm³/mol. The summed E-state index contributed by atoms with van der Waals surface area (Å²) in [6.07, 6.45) is 0. The highest BCUT2D eigenvalue weighted by Crippen LogP contribution is 2.46. The summed E-state index contributed by atoms with van der Waals surface area (Å²) < 4.78 is 0. The molecule has 0 heterocycles. The van der Waals surface area contributed by atoms with Gasteiger partial charge in [0.2, 0.25) is 0 Å². The highest BCUT2D eigenvalue weighted by molar-refractivity contribution is 6.15. The van der Waals surface area contributed by atoms with Crippen LogP contribution in [0.2, 0.25) is 0 Å². The Morgan fingerprint density at radius 2 is 0.673 bits per heavy atom. The molecule has 10 aromatic rings. The second-order valence-electron chi connectivity index (χ2n) is 14.0. The first-order valence-electron chi connectivity index (χ1n) is 18.9. The van der Waals surface area contributed by atoms with Crippen molar-refractivity contribution in [2.24, 2.45) is 0 Å². The van der Waals surface area contributed by atoms with Crippen molar-refractivity contribution >= 4 is 49.4 Å². The Balaban J connectivity index is 1.13. The van der Waals surface area contributed by atoms with E-state index in [0.717, 1.165) is 17.1 Å². The van der Waals surface area contributed by atoms with E-state index >= 15 is 0 Å². The van der Waals surface area contributed by atoms with E-state index in [0.29, 0.717) is 0 Å². The fourth-order valence-electron chi connectivity index (χ4n) is 8.33. The molecule has 0 aliphatic heterocycles. The van der Waals surface area contributed by atoms with Crippen LogP contribution in [0.1, 0.15) is 0 Å². The number of fused-ring (bicyclic) bond motifs is 4. The van der Waals surface area contributed by atoms with E-state index < -0.39 is 0 Å². The summed E-state index contributed by atoms with van der Waals surface area (Å²) in [7, 11) is 0. The van der Waals surface area contributed by atoms with Crippen LogP contribution in [0.25, 0.3) is 76.8 Å². The van der Waals surface area contributed by atoms with Gasteiger partial charge in [0.15, 0.2) is 0 Å². The Hall–Kier alpha value is -7.22. The molecule has 55 heavy (non-hydrogen) atoms. The Morgan fingerprint density at radius 3 is 1.31 bits per heavy atom. The maximum atomic E-state index is 2.45. The maximum Gasteiger partial charge on any atom is 0.0546 e. The average molecular weight is 700 g/mol. The van der Waals surface area contributed by atoms with E-state index in [9.17, 15) is 0 Å². The molecule has 0 N–H and O–H groups in total. The first-order valence-corrected chi connectivity index (χ1v) is 18.9. The zero-order valence-corrected chi connectivity index (χ0v) is 30.3. The van der Waals surface area contributed by atoms with Gasteiger partial charge in [-0.1, -0.05) is 200 Å². The molecule has 0 amide bonds. The van der Waals surface area contributed by atoms with Gasteiger partial charge in [-0.25, -0.2) is 0 Å². The molecule has 1 nitrogen and oxygen atoms in total. The largest absolute Gasteiger partial charge is 0.309 e. The van der Waals surface area contributed by atoms with Gasteiger partial charge in [0, 0.05) is 16.5 Å². The minimum Gasteiger partial charge on any atom is -0.309 e. The molecule has 0 unspecified atom stereocenters. The highest BCUT2D eigenvalue weighted by atomic mass is 15.1. The van der Waals surface area contributed by atoms with Crippen molar-refractivity contribution in [1.82, 2.24) is 0 Å². The van der Waals surface area contributed by atoms with E-state index in [1.807, 2.05) is 0 Å². The summed E-state index contributed by atoms with van der Waals surface area (Å²) in [5.74, 6) is 0. The first-order chi connectivity index (χ1) is 27.3.